The number of ether oxygens (including phenoxy) is 2. The van der Waals surface area contributed by atoms with Gasteiger partial charge in [-0.2, -0.15) is 0 Å². The number of hydrogen-bond acceptors (Lipinski definition) is 5. The van der Waals surface area contributed by atoms with Gasteiger partial charge in [-0.15, -0.1) is 0 Å². The summed E-state index contributed by atoms with van der Waals surface area (Å²) in [4.78, 5) is 30.2. The number of carbonyl (C=O) groups excluding carboxylic acids is 2. The fraction of sp³-hybridized carbons (Fsp3) is 0.154. The number of amides is 2. The summed E-state index contributed by atoms with van der Waals surface area (Å²) < 4.78 is 10.5. The maximum Gasteiger partial charge on any atom is 0.282 e. The highest BCUT2D eigenvalue weighted by atomic mass is 16.5. The first-order chi connectivity index (χ1) is 15.5. The average Bonchev–Trinajstić information content (AvgIpc) is 3.09. The Bertz CT molecular complexity index is 1170. The third kappa shape index (κ3) is 3.95. The van der Waals surface area contributed by atoms with Crippen molar-refractivity contribution in [1.29, 1.82) is 0 Å². The minimum absolute atomic E-state index is 0.354. The number of rotatable bonds is 7. The maximum absolute atomic E-state index is 13.6. The Morgan fingerprint density at radius 3 is 2.12 bits per heavy atom. The molecule has 0 saturated heterocycles. The van der Waals surface area contributed by atoms with Crippen LogP contribution in [0.5, 0.6) is 11.5 Å². The van der Waals surface area contributed by atoms with E-state index < -0.39 is 0 Å². The molecule has 0 aromatic heterocycles. The first-order valence-corrected chi connectivity index (χ1v) is 10.2. The van der Waals surface area contributed by atoms with Gasteiger partial charge in [-0.1, -0.05) is 48.5 Å². The molecule has 162 valence electrons. The third-order valence-corrected chi connectivity index (χ3v) is 5.39. The van der Waals surface area contributed by atoms with Crippen LogP contribution in [-0.2, 0) is 16.1 Å². The Kier molecular flexibility index (Phi) is 5.94. The van der Waals surface area contributed by atoms with Gasteiger partial charge < -0.3 is 14.4 Å². The van der Waals surface area contributed by atoms with Crippen LogP contribution in [0.3, 0.4) is 0 Å². The van der Waals surface area contributed by atoms with Crippen molar-refractivity contribution in [3.8, 4) is 11.5 Å². The summed E-state index contributed by atoms with van der Waals surface area (Å²) in [5.41, 5.74) is 2.88. The van der Waals surface area contributed by atoms with Gasteiger partial charge in [-0.25, -0.2) is 4.90 Å². The fourth-order valence-electron chi connectivity index (χ4n) is 3.81. The summed E-state index contributed by atoms with van der Waals surface area (Å²) in [6.45, 7) is 0.487. The van der Waals surface area contributed by atoms with Crippen LogP contribution in [-0.4, -0.2) is 38.0 Å². The fourth-order valence-corrected chi connectivity index (χ4v) is 3.81. The molecule has 0 unspecified atom stereocenters. The topological polar surface area (TPSA) is 59.1 Å². The molecule has 2 amide bonds. The molecule has 0 saturated carbocycles. The second-order valence-electron chi connectivity index (χ2n) is 7.44. The minimum atomic E-state index is -0.372. The van der Waals surface area contributed by atoms with Crippen molar-refractivity contribution in [1.82, 2.24) is 4.90 Å². The highest BCUT2D eigenvalue weighted by molar-refractivity contribution is 6.45. The summed E-state index contributed by atoms with van der Waals surface area (Å²) in [5, 5.41) is 0. The van der Waals surface area contributed by atoms with E-state index in [2.05, 4.69) is 0 Å². The summed E-state index contributed by atoms with van der Waals surface area (Å²) in [6.07, 6.45) is 0. The van der Waals surface area contributed by atoms with Crippen molar-refractivity contribution in [3.63, 3.8) is 0 Å². The van der Waals surface area contributed by atoms with E-state index in [-0.39, 0.29) is 11.8 Å². The lowest BCUT2D eigenvalue weighted by Gasteiger charge is -2.22. The Morgan fingerprint density at radius 2 is 1.47 bits per heavy atom. The van der Waals surface area contributed by atoms with E-state index >= 15 is 0 Å². The number of likely N-dealkylation sites (N-methyl/N-ethyl adjacent to an activating group) is 1. The van der Waals surface area contributed by atoms with E-state index in [4.69, 9.17) is 9.47 Å². The van der Waals surface area contributed by atoms with Crippen molar-refractivity contribution in [3.05, 3.63) is 95.7 Å². The van der Waals surface area contributed by atoms with E-state index in [0.29, 0.717) is 40.6 Å². The highest BCUT2D eigenvalue weighted by Crippen LogP contribution is 2.36. The molecular weight excluding hydrogens is 404 g/mol. The van der Waals surface area contributed by atoms with Gasteiger partial charge in [0, 0.05) is 19.7 Å². The molecule has 32 heavy (non-hydrogen) atoms. The lowest BCUT2D eigenvalue weighted by atomic mass is 10.0. The van der Waals surface area contributed by atoms with Crippen LogP contribution in [0.25, 0.3) is 5.57 Å². The molecule has 0 bridgehead atoms. The highest BCUT2D eigenvalue weighted by Gasteiger charge is 2.41. The molecule has 0 fully saturated rings. The van der Waals surface area contributed by atoms with Crippen molar-refractivity contribution >= 4 is 23.1 Å². The molecule has 6 nitrogen and oxygen atoms in total. The number of carbonyl (C=O) groups is 2. The monoisotopic (exact) mass is 428 g/mol. The van der Waals surface area contributed by atoms with E-state index in [1.807, 2.05) is 42.3 Å². The maximum atomic E-state index is 13.6. The molecule has 3 aromatic carbocycles. The number of imide groups is 1. The molecule has 4 rings (SSSR count). The van der Waals surface area contributed by atoms with E-state index in [9.17, 15) is 9.59 Å². The average molecular weight is 428 g/mol. The van der Waals surface area contributed by atoms with Crippen LogP contribution in [0.1, 0.15) is 11.1 Å². The van der Waals surface area contributed by atoms with Crippen molar-refractivity contribution < 1.29 is 19.1 Å². The van der Waals surface area contributed by atoms with Crippen LogP contribution >= 0.6 is 0 Å². The summed E-state index contributed by atoms with van der Waals surface area (Å²) in [5.74, 6) is 0.506. The Morgan fingerprint density at radius 1 is 0.781 bits per heavy atom. The smallest absolute Gasteiger partial charge is 0.282 e. The Hall–Kier alpha value is -4.06. The molecule has 6 heteroatoms. The van der Waals surface area contributed by atoms with Gasteiger partial charge in [0.25, 0.3) is 11.8 Å². The molecule has 1 heterocycles. The van der Waals surface area contributed by atoms with Gasteiger partial charge in [0.1, 0.15) is 17.2 Å². The largest absolute Gasteiger partial charge is 0.497 e. The van der Waals surface area contributed by atoms with E-state index in [1.54, 1.807) is 62.8 Å². The van der Waals surface area contributed by atoms with Crippen LogP contribution in [0.15, 0.2) is 84.6 Å². The van der Waals surface area contributed by atoms with Crippen LogP contribution in [0.4, 0.5) is 5.69 Å². The molecule has 0 aliphatic carbocycles. The zero-order valence-electron chi connectivity index (χ0n) is 18.2. The van der Waals surface area contributed by atoms with Crippen molar-refractivity contribution in [2.24, 2.45) is 0 Å². The van der Waals surface area contributed by atoms with Gasteiger partial charge in [-0.3, -0.25) is 9.59 Å². The lowest BCUT2D eigenvalue weighted by Crippen LogP contribution is -2.34. The summed E-state index contributed by atoms with van der Waals surface area (Å²) >= 11 is 0. The molecule has 0 radical (unpaired) electrons. The van der Waals surface area contributed by atoms with Crippen LogP contribution in [0.2, 0.25) is 0 Å². The van der Waals surface area contributed by atoms with Gasteiger partial charge in [0.05, 0.1) is 25.5 Å². The standard InChI is InChI=1S/C26H24N2O4/c1-27(17-18-8-5-4-6-9-18)24-23(19-12-14-21(31-2)15-13-19)25(29)28(26(24)30)20-10-7-11-22(16-20)32-3/h4-16H,17H2,1-3H3. The predicted molar refractivity (Wildman–Crippen MR) is 123 cm³/mol. The van der Waals surface area contributed by atoms with Crippen molar-refractivity contribution in [2.75, 3.05) is 26.2 Å². The number of anilines is 1. The second-order valence-corrected chi connectivity index (χ2v) is 7.44. The van der Waals surface area contributed by atoms with Gasteiger partial charge in [-0.05, 0) is 35.4 Å². The third-order valence-electron chi connectivity index (χ3n) is 5.39. The second kappa shape index (κ2) is 8.98. The minimum Gasteiger partial charge on any atom is -0.497 e. The normalized spacial score (nSPS) is 13.5. The quantitative estimate of drug-likeness (QED) is 0.530. The van der Waals surface area contributed by atoms with Gasteiger partial charge >= 0.3 is 0 Å². The number of methoxy groups -OCH3 is 2. The van der Waals surface area contributed by atoms with Crippen LogP contribution in [0, 0.1) is 0 Å². The number of hydrogen-bond donors (Lipinski definition) is 0. The number of nitrogens with zero attached hydrogens (tertiary/aromatic N) is 2. The molecular formula is C26H24N2O4. The molecule has 0 atom stereocenters. The van der Waals surface area contributed by atoms with E-state index in [0.717, 1.165) is 5.56 Å². The summed E-state index contributed by atoms with van der Waals surface area (Å²) in [6, 6.07) is 23.9. The molecule has 1 aliphatic rings. The van der Waals surface area contributed by atoms with Gasteiger partial charge in [0.2, 0.25) is 0 Å². The zero-order chi connectivity index (χ0) is 22.7. The number of benzene rings is 3. The van der Waals surface area contributed by atoms with Crippen molar-refractivity contribution in [2.45, 2.75) is 6.54 Å². The lowest BCUT2D eigenvalue weighted by molar-refractivity contribution is -0.120. The predicted octanol–water partition coefficient (Wildman–Crippen LogP) is 4.12. The zero-order valence-corrected chi connectivity index (χ0v) is 18.2. The van der Waals surface area contributed by atoms with Gasteiger partial charge in [0.15, 0.2) is 0 Å². The van der Waals surface area contributed by atoms with E-state index in [1.165, 1.54) is 4.90 Å². The first kappa shape index (κ1) is 21.2. The molecule has 0 spiro atoms. The Labute approximate surface area is 187 Å². The summed E-state index contributed by atoms with van der Waals surface area (Å²) in [7, 11) is 4.96. The first-order valence-electron chi connectivity index (χ1n) is 10.2. The molecule has 0 N–H and O–H groups in total. The SMILES string of the molecule is COc1ccc(C2=C(N(C)Cc3ccccc3)C(=O)N(c3cccc(OC)c3)C2=O)cc1. The Balaban J connectivity index is 1.79. The molecule has 1 aliphatic heterocycles. The molecule has 3 aromatic rings. The van der Waals surface area contributed by atoms with Crippen LogP contribution < -0.4 is 14.4 Å².